The van der Waals surface area contributed by atoms with Crippen molar-refractivity contribution >= 4 is 27.2 Å². The van der Waals surface area contributed by atoms with Gasteiger partial charge in [0.25, 0.3) is 5.91 Å². The Morgan fingerprint density at radius 2 is 1.89 bits per heavy atom. The summed E-state index contributed by atoms with van der Waals surface area (Å²) in [6.07, 6.45) is 3.84. The van der Waals surface area contributed by atoms with Gasteiger partial charge >= 0.3 is 0 Å². The molecule has 1 saturated heterocycles. The smallest absolute Gasteiger partial charge is 0.251 e. The van der Waals surface area contributed by atoms with E-state index in [1.165, 1.54) is 11.1 Å². The number of aromatic nitrogens is 1. The number of anilines is 2. The van der Waals surface area contributed by atoms with Crippen LogP contribution >= 0.6 is 0 Å². The molecular weight excluding hydrogens is 362 g/mol. The van der Waals surface area contributed by atoms with Gasteiger partial charge in [-0.3, -0.25) is 4.79 Å². The van der Waals surface area contributed by atoms with Crippen LogP contribution in [0.3, 0.4) is 0 Å². The second kappa shape index (κ2) is 8.08. The van der Waals surface area contributed by atoms with Crippen molar-refractivity contribution in [3.8, 4) is 0 Å². The van der Waals surface area contributed by atoms with Crippen molar-refractivity contribution in [3.63, 3.8) is 0 Å². The zero-order valence-electron chi connectivity index (χ0n) is 15.7. The highest BCUT2D eigenvalue weighted by Gasteiger charge is 2.29. The number of nitrogens with zero attached hydrogens (tertiary/aromatic N) is 1. The minimum Gasteiger partial charge on any atom is -0.348 e. The number of amides is 1. The molecule has 6 nitrogen and oxygen atoms in total. The summed E-state index contributed by atoms with van der Waals surface area (Å²) in [5.41, 5.74) is 3.89. The fourth-order valence-corrected chi connectivity index (χ4v) is 5.02. The third-order valence-corrected chi connectivity index (χ3v) is 6.61. The Hall–Kier alpha value is -2.41. The Morgan fingerprint density at radius 1 is 1.19 bits per heavy atom. The van der Waals surface area contributed by atoms with Crippen molar-refractivity contribution in [2.24, 2.45) is 0 Å². The maximum atomic E-state index is 12.5. The topological polar surface area (TPSA) is 88.2 Å². The number of sulfone groups is 1. The second-order valence-corrected chi connectivity index (χ2v) is 9.02. The van der Waals surface area contributed by atoms with Crippen LogP contribution in [0.2, 0.25) is 0 Å². The molecule has 1 aromatic carbocycles. The van der Waals surface area contributed by atoms with Gasteiger partial charge in [0.1, 0.15) is 5.82 Å². The minimum absolute atomic E-state index is 0.0126. The Kier molecular flexibility index (Phi) is 5.79. The molecule has 3 rings (SSSR count). The van der Waals surface area contributed by atoms with Crippen LogP contribution in [-0.4, -0.2) is 36.9 Å². The fraction of sp³-hybridized carbons (Fsp3) is 0.400. The van der Waals surface area contributed by atoms with E-state index < -0.39 is 9.84 Å². The van der Waals surface area contributed by atoms with Crippen molar-refractivity contribution < 1.29 is 13.2 Å². The molecule has 1 amide bonds. The summed E-state index contributed by atoms with van der Waals surface area (Å²) in [5, 5.41) is 6.17. The summed E-state index contributed by atoms with van der Waals surface area (Å²) in [5.74, 6) is 0.465. The molecule has 1 aromatic heterocycles. The number of aryl methyl sites for hydroxylation is 2. The first-order chi connectivity index (χ1) is 12.9. The zero-order chi connectivity index (χ0) is 19.4. The molecule has 1 aliphatic heterocycles. The average molecular weight is 388 g/mol. The Morgan fingerprint density at radius 3 is 2.48 bits per heavy atom. The predicted octanol–water partition coefficient (Wildman–Crippen LogP) is 2.87. The molecule has 27 heavy (non-hydrogen) atoms. The highest BCUT2D eigenvalue weighted by molar-refractivity contribution is 7.91. The summed E-state index contributed by atoms with van der Waals surface area (Å²) >= 11 is 0. The molecule has 7 heteroatoms. The predicted molar refractivity (Wildman–Crippen MR) is 107 cm³/mol. The largest absolute Gasteiger partial charge is 0.348 e. The lowest BCUT2D eigenvalue weighted by Gasteiger charge is -2.16. The lowest BCUT2D eigenvalue weighted by Crippen LogP contribution is -2.35. The van der Waals surface area contributed by atoms with Crippen LogP contribution in [0, 0.1) is 0 Å². The Labute approximate surface area is 160 Å². The number of hydrogen-bond donors (Lipinski definition) is 2. The monoisotopic (exact) mass is 387 g/mol. The second-order valence-electron chi connectivity index (χ2n) is 6.79. The molecule has 2 heterocycles. The van der Waals surface area contributed by atoms with Crippen molar-refractivity contribution in [1.82, 2.24) is 10.3 Å². The van der Waals surface area contributed by atoms with E-state index in [0.29, 0.717) is 17.8 Å². The van der Waals surface area contributed by atoms with Crippen LogP contribution in [0.25, 0.3) is 0 Å². The lowest BCUT2D eigenvalue weighted by atomic mass is 10.0. The van der Waals surface area contributed by atoms with Gasteiger partial charge < -0.3 is 10.6 Å². The first-order valence-corrected chi connectivity index (χ1v) is 11.1. The van der Waals surface area contributed by atoms with Crippen molar-refractivity contribution in [1.29, 1.82) is 0 Å². The third-order valence-electron chi connectivity index (χ3n) is 4.84. The van der Waals surface area contributed by atoms with Crippen molar-refractivity contribution in [2.75, 3.05) is 16.8 Å². The van der Waals surface area contributed by atoms with E-state index >= 15 is 0 Å². The van der Waals surface area contributed by atoms with Crippen LogP contribution in [0.4, 0.5) is 11.5 Å². The summed E-state index contributed by atoms with van der Waals surface area (Å²) in [6, 6.07) is 9.23. The molecular formula is C20H25N3O3S. The van der Waals surface area contributed by atoms with Gasteiger partial charge in [-0.05, 0) is 42.5 Å². The third kappa shape index (κ3) is 4.66. The first kappa shape index (κ1) is 19.4. The SMILES string of the molecule is CCc1cccc(CC)c1Nc1cc(C(=O)NC2CCS(=O)(=O)C2)ccn1. The minimum atomic E-state index is -3.03. The number of rotatable bonds is 6. The van der Waals surface area contributed by atoms with Crippen LogP contribution in [-0.2, 0) is 22.7 Å². The number of carbonyl (C=O) groups excluding carboxylic acids is 1. The summed E-state index contributed by atoms with van der Waals surface area (Å²) in [7, 11) is -3.03. The van der Waals surface area contributed by atoms with Gasteiger partial charge in [-0.2, -0.15) is 0 Å². The molecule has 2 N–H and O–H groups in total. The van der Waals surface area contributed by atoms with Crippen LogP contribution in [0.15, 0.2) is 36.5 Å². The molecule has 1 unspecified atom stereocenters. The van der Waals surface area contributed by atoms with E-state index in [1.54, 1.807) is 18.3 Å². The summed E-state index contributed by atoms with van der Waals surface area (Å²) in [6.45, 7) is 4.21. The van der Waals surface area contributed by atoms with Gasteiger partial charge in [0.05, 0.1) is 11.5 Å². The highest BCUT2D eigenvalue weighted by Crippen LogP contribution is 2.26. The molecule has 1 atom stereocenters. The summed E-state index contributed by atoms with van der Waals surface area (Å²) in [4.78, 5) is 16.8. The van der Waals surface area contributed by atoms with Gasteiger partial charge in [0, 0.05) is 23.5 Å². The fourth-order valence-electron chi connectivity index (χ4n) is 3.35. The van der Waals surface area contributed by atoms with Crippen LogP contribution in [0.5, 0.6) is 0 Å². The molecule has 0 saturated carbocycles. The van der Waals surface area contributed by atoms with Gasteiger partial charge in [-0.15, -0.1) is 0 Å². The zero-order valence-corrected chi connectivity index (χ0v) is 16.5. The molecule has 1 fully saturated rings. The first-order valence-electron chi connectivity index (χ1n) is 9.27. The lowest BCUT2D eigenvalue weighted by molar-refractivity contribution is 0.0941. The van der Waals surface area contributed by atoms with E-state index in [4.69, 9.17) is 0 Å². The van der Waals surface area contributed by atoms with E-state index in [0.717, 1.165) is 18.5 Å². The van der Waals surface area contributed by atoms with Crippen LogP contribution < -0.4 is 10.6 Å². The van der Waals surface area contributed by atoms with Gasteiger partial charge in [-0.1, -0.05) is 32.0 Å². The van der Waals surface area contributed by atoms with E-state index in [2.05, 4.69) is 47.7 Å². The quantitative estimate of drug-likeness (QED) is 0.796. The standard InChI is InChI=1S/C20H25N3O3S/c1-3-14-6-5-7-15(4-2)19(14)23-18-12-16(8-10-21-18)20(24)22-17-9-11-27(25,26)13-17/h5-8,10,12,17H,3-4,9,11,13H2,1-2H3,(H,21,23)(H,22,24). The molecule has 2 aromatic rings. The number of carbonyl (C=O) groups is 1. The van der Waals surface area contributed by atoms with E-state index in [1.807, 2.05) is 0 Å². The van der Waals surface area contributed by atoms with Crippen LogP contribution in [0.1, 0.15) is 41.8 Å². The average Bonchev–Trinajstić information content (AvgIpc) is 3.00. The highest BCUT2D eigenvalue weighted by atomic mass is 32.2. The number of hydrogen-bond acceptors (Lipinski definition) is 5. The number of nitrogens with one attached hydrogen (secondary N) is 2. The molecule has 144 valence electrons. The number of pyridine rings is 1. The normalized spacial score (nSPS) is 18.2. The molecule has 0 spiro atoms. The maximum Gasteiger partial charge on any atom is 0.251 e. The maximum absolute atomic E-state index is 12.5. The molecule has 1 aliphatic rings. The molecule has 0 radical (unpaired) electrons. The van der Waals surface area contributed by atoms with Gasteiger partial charge in [0.2, 0.25) is 0 Å². The Bertz CT molecular complexity index is 919. The number of benzene rings is 1. The van der Waals surface area contributed by atoms with Gasteiger partial charge in [-0.25, -0.2) is 13.4 Å². The molecule has 0 bridgehead atoms. The summed E-state index contributed by atoms with van der Waals surface area (Å²) < 4.78 is 23.1. The molecule has 0 aliphatic carbocycles. The van der Waals surface area contributed by atoms with Crippen molar-refractivity contribution in [2.45, 2.75) is 39.2 Å². The van der Waals surface area contributed by atoms with Crippen molar-refractivity contribution in [3.05, 3.63) is 53.2 Å². The van der Waals surface area contributed by atoms with E-state index in [9.17, 15) is 13.2 Å². The van der Waals surface area contributed by atoms with Gasteiger partial charge in [0.15, 0.2) is 9.84 Å². The number of para-hydroxylation sites is 1. The van der Waals surface area contributed by atoms with E-state index in [-0.39, 0.29) is 23.5 Å². The Balaban J connectivity index is 1.77.